The Bertz CT molecular complexity index is 659. The summed E-state index contributed by atoms with van der Waals surface area (Å²) < 4.78 is 13.1. The van der Waals surface area contributed by atoms with Crippen molar-refractivity contribution in [2.45, 2.75) is 13.5 Å². The summed E-state index contributed by atoms with van der Waals surface area (Å²) in [5.74, 6) is -0.221. The number of aryl methyl sites for hydroxylation is 1. The first-order chi connectivity index (χ1) is 11.2. The normalized spacial score (nSPS) is 16.2. The van der Waals surface area contributed by atoms with Crippen LogP contribution in [0.1, 0.15) is 16.7 Å². The Balaban J connectivity index is 1.49. The summed E-state index contributed by atoms with van der Waals surface area (Å²) in [6, 6.07) is 15.3. The van der Waals surface area contributed by atoms with Crippen molar-refractivity contribution in [3.8, 4) is 0 Å². The zero-order valence-electron chi connectivity index (χ0n) is 13.5. The molecule has 120 valence electrons. The summed E-state index contributed by atoms with van der Waals surface area (Å²) >= 11 is 0. The molecule has 2 aromatic rings. The van der Waals surface area contributed by atoms with Gasteiger partial charge in [-0.1, -0.05) is 42.0 Å². The van der Waals surface area contributed by atoms with E-state index in [1.165, 1.54) is 23.3 Å². The molecule has 0 bridgehead atoms. The van der Waals surface area contributed by atoms with Gasteiger partial charge in [-0.05, 0) is 24.6 Å². The minimum Gasteiger partial charge on any atom is -0.328 e. The van der Waals surface area contributed by atoms with Crippen molar-refractivity contribution in [2.24, 2.45) is 5.10 Å². The second kappa shape index (κ2) is 7.38. The molecule has 3 nitrogen and oxygen atoms in total. The average molecular weight is 312 g/mol. The van der Waals surface area contributed by atoms with Crippen LogP contribution in [-0.2, 0) is 6.54 Å². The van der Waals surface area contributed by atoms with Crippen molar-refractivity contribution >= 4 is 6.21 Å². The molecule has 1 aliphatic rings. The fourth-order valence-corrected chi connectivity index (χ4v) is 2.83. The van der Waals surface area contributed by atoms with Gasteiger partial charge in [0.1, 0.15) is 12.4 Å². The molecule has 0 unspecified atom stereocenters. The van der Waals surface area contributed by atoms with Gasteiger partial charge in [0.15, 0.2) is 0 Å². The number of hydrazone groups is 1. The molecule has 0 aromatic heterocycles. The van der Waals surface area contributed by atoms with Crippen LogP contribution in [0.5, 0.6) is 0 Å². The lowest BCUT2D eigenvalue weighted by atomic mass is 10.1. The van der Waals surface area contributed by atoms with Crippen LogP contribution in [0, 0.1) is 12.7 Å². The molecule has 0 spiro atoms. The third-order valence-corrected chi connectivity index (χ3v) is 4.24. The highest BCUT2D eigenvalue weighted by Gasteiger charge is 2.18. The number of halogens is 1. The van der Waals surface area contributed by atoms with Crippen molar-refractivity contribution in [3.05, 3.63) is 71.0 Å². The van der Waals surface area contributed by atoms with Crippen LogP contribution in [0.25, 0.3) is 0 Å². The van der Waals surface area contributed by atoms with E-state index >= 15 is 0 Å². The maximum absolute atomic E-state index is 13.1. The first-order valence-corrected chi connectivity index (χ1v) is 8.13. The van der Waals surface area contributed by atoms with E-state index in [1.54, 1.807) is 17.2 Å². The van der Waals surface area contributed by atoms with Crippen molar-refractivity contribution in [1.29, 1.82) is 0 Å². The molecular formula is C19H23FN3+. The van der Waals surface area contributed by atoms with Gasteiger partial charge in [-0.3, -0.25) is 5.01 Å². The maximum atomic E-state index is 13.1. The number of hydrogen-bond donors (Lipinski definition) is 1. The predicted octanol–water partition coefficient (Wildman–Crippen LogP) is 1.87. The Kier molecular flexibility index (Phi) is 5.03. The molecule has 23 heavy (non-hydrogen) atoms. The first-order valence-electron chi connectivity index (χ1n) is 8.13. The number of hydrogen-bond acceptors (Lipinski definition) is 2. The molecule has 2 aromatic carbocycles. The Morgan fingerprint density at radius 3 is 2.57 bits per heavy atom. The number of piperazine rings is 1. The van der Waals surface area contributed by atoms with E-state index in [0.717, 1.165) is 38.3 Å². The number of rotatable bonds is 4. The lowest BCUT2D eigenvalue weighted by Gasteiger charge is -2.30. The molecule has 1 fully saturated rings. The highest BCUT2D eigenvalue weighted by Crippen LogP contribution is 2.03. The largest absolute Gasteiger partial charge is 0.328 e. The third-order valence-electron chi connectivity index (χ3n) is 4.24. The Morgan fingerprint density at radius 2 is 1.87 bits per heavy atom. The van der Waals surface area contributed by atoms with E-state index in [1.807, 2.05) is 6.07 Å². The Labute approximate surface area is 137 Å². The molecule has 0 radical (unpaired) electrons. The molecule has 0 saturated carbocycles. The van der Waals surface area contributed by atoms with Gasteiger partial charge in [0.25, 0.3) is 0 Å². The van der Waals surface area contributed by atoms with Crippen LogP contribution in [0.15, 0.2) is 53.6 Å². The smallest absolute Gasteiger partial charge is 0.123 e. The van der Waals surface area contributed by atoms with Crippen LogP contribution in [0.2, 0.25) is 0 Å². The molecule has 1 saturated heterocycles. The Hall–Kier alpha value is -2.20. The molecule has 0 atom stereocenters. The lowest BCUT2D eigenvalue weighted by molar-refractivity contribution is -0.918. The molecule has 1 aliphatic heterocycles. The van der Waals surface area contributed by atoms with Crippen LogP contribution < -0.4 is 4.90 Å². The summed E-state index contributed by atoms with van der Waals surface area (Å²) in [6.45, 7) is 7.22. The van der Waals surface area contributed by atoms with Gasteiger partial charge in [0, 0.05) is 5.56 Å². The zero-order chi connectivity index (χ0) is 16.1. The first kappa shape index (κ1) is 15.7. The van der Waals surface area contributed by atoms with Gasteiger partial charge in [-0.2, -0.15) is 5.10 Å². The minimum absolute atomic E-state index is 0.221. The highest BCUT2D eigenvalue weighted by atomic mass is 19.1. The summed E-state index contributed by atoms with van der Waals surface area (Å²) in [5, 5.41) is 6.55. The van der Waals surface area contributed by atoms with Gasteiger partial charge in [0.2, 0.25) is 0 Å². The SMILES string of the molecule is Cc1ccc(C[NH+]2CCN(/N=C\c3cccc(F)c3)CC2)cc1. The molecule has 1 N–H and O–H groups in total. The fourth-order valence-electron chi connectivity index (χ4n) is 2.83. The van der Waals surface area contributed by atoms with E-state index in [-0.39, 0.29) is 5.82 Å². The quantitative estimate of drug-likeness (QED) is 0.855. The molecule has 1 heterocycles. The van der Waals surface area contributed by atoms with Crippen LogP contribution in [0.4, 0.5) is 4.39 Å². The molecule has 0 aliphatic carbocycles. The van der Waals surface area contributed by atoms with Crippen LogP contribution in [-0.4, -0.2) is 37.4 Å². The monoisotopic (exact) mass is 312 g/mol. The second-order valence-electron chi connectivity index (χ2n) is 6.17. The van der Waals surface area contributed by atoms with Gasteiger partial charge in [-0.25, -0.2) is 4.39 Å². The zero-order valence-corrected chi connectivity index (χ0v) is 13.5. The van der Waals surface area contributed by atoms with Crippen molar-refractivity contribution in [3.63, 3.8) is 0 Å². The van der Waals surface area contributed by atoms with E-state index in [2.05, 4.69) is 41.3 Å². The predicted molar refractivity (Wildman–Crippen MR) is 91.1 cm³/mol. The van der Waals surface area contributed by atoms with Gasteiger partial charge in [-0.15, -0.1) is 0 Å². The third kappa shape index (κ3) is 4.63. The average Bonchev–Trinajstić information content (AvgIpc) is 2.56. The molecule has 3 rings (SSSR count). The summed E-state index contributed by atoms with van der Waals surface area (Å²) in [5.41, 5.74) is 3.50. The van der Waals surface area contributed by atoms with Crippen molar-refractivity contribution < 1.29 is 9.29 Å². The number of quaternary nitrogens is 1. The topological polar surface area (TPSA) is 20.0 Å². The van der Waals surface area contributed by atoms with Gasteiger partial charge in [0.05, 0.1) is 32.4 Å². The van der Waals surface area contributed by atoms with E-state index in [9.17, 15) is 4.39 Å². The van der Waals surface area contributed by atoms with E-state index in [4.69, 9.17) is 0 Å². The lowest BCUT2D eigenvalue weighted by Crippen LogP contribution is -3.13. The highest BCUT2D eigenvalue weighted by molar-refractivity contribution is 5.79. The van der Waals surface area contributed by atoms with Crippen LogP contribution in [0.3, 0.4) is 0 Å². The van der Waals surface area contributed by atoms with Crippen molar-refractivity contribution in [1.82, 2.24) is 5.01 Å². The van der Waals surface area contributed by atoms with Gasteiger partial charge >= 0.3 is 0 Å². The number of benzene rings is 2. The van der Waals surface area contributed by atoms with Crippen molar-refractivity contribution in [2.75, 3.05) is 26.2 Å². The Morgan fingerprint density at radius 1 is 1.13 bits per heavy atom. The maximum Gasteiger partial charge on any atom is 0.123 e. The van der Waals surface area contributed by atoms with Crippen LogP contribution >= 0.6 is 0 Å². The number of nitrogens with zero attached hydrogens (tertiary/aromatic N) is 2. The van der Waals surface area contributed by atoms with E-state index in [0.29, 0.717) is 0 Å². The minimum atomic E-state index is -0.221. The standard InChI is InChI=1S/C19H22FN3/c1-16-5-7-17(8-6-16)15-22-9-11-23(12-10-22)21-14-18-3-2-4-19(20)13-18/h2-8,13-14H,9-12,15H2,1H3/p+1/b21-14-. The van der Waals surface area contributed by atoms with E-state index < -0.39 is 0 Å². The summed E-state index contributed by atoms with van der Waals surface area (Å²) in [4.78, 5) is 1.59. The van der Waals surface area contributed by atoms with Gasteiger partial charge < -0.3 is 4.90 Å². The fraction of sp³-hybridized carbons (Fsp3) is 0.316. The number of nitrogens with one attached hydrogen (secondary N) is 1. The second-order valence-corrected chi connectivity index (χ2v) is 6.17. The summed E-state index contributed by atoms with van der Waals surface area (Å²) in [7, 11) is 0. The molecule has 4 heteroatoms. The summed E-state index contributed by atoms with van der Waals surface area (Å²) in [6.07, 6.45) is 1.74. The molecular weight excluding hydrogens is 289 g/mol. The molecule has 0 amide bonds.